The van der Waals surface area contributed by atoms with Gasteiger partial charge in [-0.2, -0.15) is 0 Å². The highest BCUT2D eigenvalue weighted by Crippen LogP contribution is 2.31. The molecule has 0 atom stereocenters. The van der Waals surface area contributed by atoms with Crippen LogP contribution < -0.4 is 4.74 Å². The van der Waals surface area contributed by atoms with E-state index < -0.39 is 0 Å². The van der Waals surface area contributed by atoms with Crippen molar-refractivity contribution in [3.05, 3.63) is 35.4 Å². The SMILES string of the molecule is CCC(=O)c1ccc2c(c1)C=CC(C)(C)O2. The Bertz CT molecular complexity index is 456. The molecule has 0 radical (unpaired) electrons. The van der Waals surface area contributed by atoms with Gasteiger partial charge in [0.05, 0.1) is 0 Å². The third-order valence-electron chi connectivity index (χ3n) is 2.69. The standard InChI is InChI=1S/C14H16O2/c1-4-12(15)10-5-6-13-11(9-10)7-8-14(2,3)16-13/h5-9H,4H2,1-3H3. The Kier molecular flexibility index (Phi) is 2.58. The van der Waals surface area contributed by atoms with Crippen LogP contribution in [0.1, 0.15) is 43.1 Å². The molecule has 2 rings (SSSR count). The fourth-order valence-electron chi connectivity index (χ4n) is 1.76. The van der Waals surface area contributed by atoms with E-state index in [1.54, 1.807) is 0 Å². The summed E-state index contributed by atoms with van der Waals surface area (Å²) in [5, 5.41) is 0. The summed E-state index contributed by atoms with van der Waals surface area (Å²) in [6, 6.07) is 5.61. The lowest BCUT2D eigenvalue weighted by atomic mass is 9.99. The number of rotatable bonds is 2. The van der Waals surface area contributed by atoms with Crippen LogP contribution in [0.25, 0.3) is 6.08 Å². The van der Waals surface area contributed by atoms with Crippen LogP contribution in [-0.2, 0) is 0 Å². The largest absolute Gasteiger partial charge is 0.483 e. The second-order valence-corrected chi connectivity index (χ2v) is 4.57. The molecule has 0 aromatic heterocycles. The maximum Gasteiger partial charge on any atom is 0.162 e. The zero-order valence-corrected chi connectivity index (χ0v) is 9.91. The predicted octanol–water partition coefficient (Wildman–Crippen LogP) is 3.46. The number of carbonyl (C=O) groups is 1. The Morgan fingerprint density at radius 1 is 1.38 bits per heavy atom. The first-order chi connectivity index (χ1) is 7.52. The number of ether oxygens (including phenoxy) is 1. The van der Waals surface area contributed by atoms with Gasteiger partial charge in [0.15, 0.2) is 5.78 Å². The number of carbonyl (C=O) groups excluding carboxylic acids is 1. The lowest BCUT2D eigenvalue weighted by molar-refractivity contribution is 0.0988. The summed E-state index contributed by atoms with van der Waals surface area (Å²) in [6.07, 6.45) is 4.57. The summed E-state index contributed by atoms with van der Waals surface area (Å²) in [6.45, 7) is 5.90. The predicted molar refractivity (Wildman–Crippen MR) is 64.8 cm³/mol. The Morgan fingerprint density at radius 2 is 2.12 bits per heavy atom. The normalized spacial score (nSPS) is 16.4. The van der Waals surface area contributed by atoms with Gasteiger partial charge in [0.1, 0.15) is 11.4 Å². The van der Waals surface area contributed by atoms with Crippen LogP contribution in [-0.4, -0.2) is 11.4 Å². The van der Waals surface area contributed by atoms with E-state index in [2.05, 4.69) is 0 Å². The Labute approximate surface area is 95.9 Å². The summed E-state index contributed by atoms with van der Waals surface area (Å²) < 4.78 is 5.79. The van der Waals surface area contributed by atoms with Crippen LogP contribution in [0.4, 0.5) is 0 Å². The highest BCUT2D eigenvalue weighted by Gasteiger charge is 2.21. The van der Waals surface area contributed by atoms with Crippen LogP contribution in [0.5, 0.6) is 5.75 Å². The first-order valence-corrected chi connectivity index (χ1v) is 5.57. The van der Waals surface area contributed by atoms with E-state index in [0.717, 1.165) is 16.9 Å². The van der Waals surface area contributed by atoms with E-state index in [4.69, 9.17) is 4.74 Å². The van der Waals surface area contributed by atoms with E-state index in [1.807, 2.05) is 51.1 Å². The Morgan fingerprint density at radius 3 is 2.81 bits per heavy atom. The van der Waals surface area contributed by atoms with Crippen molar-refractivity contribution in [2.45, 2.75) is 32.8 Å². The topological polar surface area (TPSA) is 26.3 Å². The van der Waals surface area contributed by atoms with Crippen LogP contribution in [0, 0.1) is 0 Å². The lowest BCUT2D eigenvalue weighted by Gasteiger charge is -2.27. The fraction of sp³-hybridized carbons (Fsp3) is 0.357. The maximum atomic E-state index is 11.6. The minimum absolute atomic E-state index is 0.168. The summed E-state index contributed by atoms with van der Waals surface area (Å²) in [5.41, 5.74) is 1.48. The van der Waals surface area contributed by atoms with E-state index in [0.29, 0.717) is 6.42 Å². The van der Waals surface area contributed by atoms with Gasteiger partial charge < -0.3 is 4.74 Å². The molecule has 0 unspecified atom stereocenters. The van der Waals surface area contributed by atoms with Crippen molar-refractivity contribution in [3.8, 4) is 5.75 Å². The average Bonchev–Trinajstić information content (AvgIpc) is 2.26. The van der Waals surface area contributed by atoms with E-state index >= 15 is 0 Å². The molecule has 0 amide bonds. The fourth-order valence-corrected chi connectivity index (χ4v) is 1.76. The second kappa shape index (κ2) is 3.78. The molecule has 1 aliphatic rings. The van der Waals surface area contributed by atoms with Gasteiger partial charge in [-0.3, -0.25) is 4.79 Å². The number of fused-ring (bicyclic) bond motifs is 1. The molecule has 1 heterocycles. The zero-order chi connectivity index (χ0) is 11.8. The number of benzene rings is 1. The quantitative estimate of drug-likeness (QED) is 0.707. The third kappa shape index (κ3) is 2.01. The van der Waals surface area contributed by atoms with E-state index in [-0.39, 0.29) is 11.4 Å². The molecular formula is C14H16O2. The molecule has 0 bridgehead atoms. The van der Waals surface area contributed by atoms with Gasteiger partial charge in [-0.05, 0) is 38.1 Å². The van der Waals surface area contributed by atoms with E-state index in [1.165, 1.54) is 0 Å². The molecule has 0 fully saturated rings. The molecule has 1 aromatic rings. The van der Waals surface area contributed by atoms with Crippen LogP contribution in [0.15, 0.2) is 24.3 Å². The van der Waals surface area contributed by atoms with Crippen molar-refractivity contribution >= 4 is 11.9 Å². The molecule has 0 saturated heterocycles. The molecule has 2 nitrogen and oxygen atoms in total. The summed E-state index contributed by atoms with van der Waals surface area (Å²) in [5.74, 6) is 1.01. The molecule has 84 valence electrons. The molecule has 0 N–H and O–H groups in total. The minimum atomic E-state index is -0.261. The van der Waals surface area contributed by atoms with Crippen molar-refractivity contribution in [2.75, 3.05) is 0 Å². The number of hydrogen-bond donors (Lipinski definition) is 0. The molecule has 2 heteroatoms. The van der Waals surface area contributed by atoms with Gasteiger partial charge in [0.2, 0.25) is 0 Å². The third-order valence-corrected chi connectivity index (χ3v) is 2.69. The molecule has 0 spiro atoms. The van der Waals surface area contributed by atoms with Crippen molar-refractivity contribution in [3.63, 3.8) is 0 Å². The number of ketones is 1. The smallest absolute Gasteiger partial charge is 0.162 e. The first kappa shape index (κ1) is 10.9. The van der Waals surface area contributed by atoms with Crippen molar-refractivity contribution in [1.82, 2.24) is 0 Å². The number of hydrogen-bond acceptors (Lipinski definition) is 2. The highest BCUT2D eigenvalue weighted by molar-refractivity contribution is 5.96. The van der Waals surface area contributed by atoms with Crippen molar-refractivity contribution in [2.24, 2.45) is 0 Å². The number of Topliss-reactive ketones (excluding diaryl/α,β-unsaturated/α-hetero) is 1. The minimum Gasteiger partial charge on any atom is -0.483 e. The van der Waals surface area contributed by atoms with Crippen LogP contribution in [0.3, 0.4) is 0 Å². The van der Waals surface area contributed by atoms with Gasteiger partial charge in [0, 0.05) is 17.5 Å². The molecule has 0 saturated carbocycles. The van der Waals surface area contributed by atoms with Gasteiger partial charge in [-0.1, -0.05) is 13.0 Å². The van der Waals surface area contributed by atoms with Gasteiger partial charge >= 0.3 is 0 Å². The Hall–Kier alpha value is -1.57. The van der Waals surface area contributed by atoms with E-state index in [9.17, 15) is 4.79 Å². The van der Waals surface area contributed by atoms with Crippen molar-refractivity contribution < 1.29 is 9.53 Å². The highest BCUT2D eigenvalue weighted by atomic mass is 16.5. The molecule has 16 heavy (non-hydrogen) atoms. The second-order valence-electron chi connectivity index (χ2n) is 4.57. The summed E-state index contributed by atoms with van der Waals surface area (Å²) in [7, 11) is 0. The van der Waals surface area contributed by atoms with Gasteiger partial charge in [0.25, 0.3) is 0 Å². The van der Waals surface area contributed by atoms with Gasteiger partial charge in [-0.25, -0.2) is 0 Å². The van der Waals surface area contributed by atoms with Crippen LogP contribution in [0.2, 0.25) is 0 Å². The molecule has 0 aliphatic carbocycles. The first-order valence-electron chi connectivity index (χ1n) is 5.57. The summed E-state index contributed by atoms with van der Waals surface area (Å²) >= 11 is 0. The maximum absolute atomic E-state index is 11.6. The van der Waals surface area contributed by atoms with Gasteiger partial charge in [-0.15, -0.1) is 0 Å². The molecular weight excluding hydrogens is 200 g/mol. The average molecular weight is 216 g/mol. The summed E-state index contributed by atoms with van der Waals surface area (Å²) in [4.78, 5) is 11.6. The van der Waals surface area contributed by atoms with Crippen LogP contribution >= 0.6 is 0 Å². The van der Waals surface area contributed by atoms with Crippen molar-refractivity contribution in [1.29, 1.82) is 0 Å². The lowest BCUT2D eigenvalue weighted by Crippen LogP contribution is -2.27. The zero-order valence-electron chi connectivity index (χ0n) is 9.91. The Balaban J connectivity index is 2.39. The monoisotopic (exact) mass is 216 g/mol. The molecule has 1 aromatic carbocycles. The molecule has 1 aliphatic heterocycles.